The third kappa shape index (κ3) is 4.33. The molecule has 3 aromatic rings. The first-order valence-electron chi connectivity index (χ1n) is 9.54. The molecule has 1 atom stereocenters. The number of halogens is 1. The number of fused-ring (bicyclic) bond motifs is 1. The van der Waals surface area contributed by atoms with Crippen LogP contribution in [0.25, 0.3) is 10.2 Å². The smallest absolute Gasteiger partial charge is 0.261 e. The van der Waals surface area contributed by atoms with Gasteiger partial charge < -0.3 is 15.4 Å². The van der Waals surface area contributed by atoms with E-state index in [1.54, 1.807) is 13.2 Å². The average Bonchev–Trinajstić information content (AvgIpc) is 3.14. The maximum Gasteiger partial charge on any atom is 0.261 e. The number of rotatable bonds is 5. The van der Waals surface area contributed by atoms with E-state index in [-0.39, 0.29) is 30.3 Å². The summed E-state index contributed by atoms with van der Waals surface area (Å²) in [5, 5.41) is 6.35. The molecule has 0 saturated carbocycles. The van der Waals surface area contributed by atoms with Crippen LogP contribution in [-0.2, 0) is 9.53 Å². The SMILES string of the molecule is CNC(=O)c1sc2ncccc2c1C1CN(CC(=O)Nc2ccc(F)cc2)CCO1. The topological polar surface area (TPSA) is 83.6 Å². The molecule has 2 aromatic heterocycles. The number of nitrogens with one attached hydrogen (secondary N) is 2. The van der Waals surface area contributed by atoms with Gasteiger partial charge in [-0.15, -0.1) is 11.3 Å². The number of carbonyl (C=O) groups is 2. The molecule has 30 heavy (non-hydrogen) atoms. The van der Waals surface area contributed by atoms with Crippen molar-refractivity contribution in [3.63, 3.8) is 0 Å². The molecule has 2 N–H and O–H groups in total. The highest BCUT2D eigenvalue weighted by Gasteiger charge is 2.30. The van der Waals surface area contributed by atoms with Gasteiger partial charge in [0.15, 0.2) is 0 Å². The van der Waals surface area contributed by atoms with Gasteiger partial charge in [0.25, 0.3) is 5.91 Å². The van der Waals surface area contributed by atoms with Crippen molar-refractivity contribution in [3.8, 4) is 0 Å². The van der Waals surface area contributed by atoms with Crippen molar-refractivity contribution >= 4 is 39.1 Å². The molecule has 0 aliphatic carbocycles. The number of pyridine rings is 1. The van der Waals surface area contributed by atoms with Crippen LogP contribution in [0.2, 0.25) is 0 Å². The molecule has 1 aliphatic rings. The molecule has 9 heteroatoms. The molecule has 7 nitrogen and oxygen atoms in total. The van der Waals surface area contributed by atoms with Gasteiger partial charge in [0.05, 0.1) is 19.3 Å². The Morgan fingerprint density at radius 1 is 1.30 bits per heavy atom. The number of hydrogen-bond acceptors (Lipinski definition) is 6. The van der Waals surface area contributed by atoms with Gasteiger partial charge in [-0.25, -0.2) is 9.37 Å². The number of ether oxygens (including phenoxy) is 1. The molecule has 1 fully saturated rings. The summed E-state index contributed by atoms with van der Waals surface area (Å²) >= 11 is 1.34. The van der Waals surface area contributed by atoms with Crippen LogP contribution in [0.5, 0.6) is 0 Å². The molecule has 0 radical (unpaired) electrons. The fourth-order valence-electron chi connectivity index (χ4n) is 3.51. The normalized spacial score (nSPS) is 17.1. The quantitative estimate of drug-likeness (QED) is 0.653. The van der Waals surface area contributed by atoms with Gasteiger partial charge in [-0.1, -0.05) is 6.07 Å². The maximum atomic E-state index is 13.0. The molecule has 1 saturated heterocycles. The summed E-state index contributed by atoms with van der Waals surface area (Å²) in [6, 6.07) is 9.42. The molecule has 1 aliphatic heterocycles. The molecule has 0 bridgehead atoms. The van der Waals surface area contributed by atoms with Crippen LogP contribution in [0.4, 0.5) is 10.1 Å². The Labute approximate surface area is 176 Å². The van der Waals surface area contributed by atoms with Crippen LogP contribution in [0.1, 0.15) is 21.3 Å². The number of aromatic nitrogens is 1. The third-order valence-corrected chi connectivity index (χ3v) is 6.03. The van der Waals surface area contributed by atoms with E-state index in [4.69, 9.17) is 4.74 Å². The van der Waals surface area contributed by atoms with Gasteiger partial charge in [-0.2, -0.15) is 0 Å². The first-order chi connectivity index (χ1) is 14.5. The molecule has 156 valence electrons. The number of morpholine rings is 1. The fourth-order valence-corrected chi connectivity index (χ4v) is 4.65. The standard InChI is InChI=1S/C21H21FN4O3S/c1-23-20(28)19-18(15-3-2-8-24-21(15)30-19)16-11-26(9-10-29-16)12-17(27)25-14-6-4-13(22)5-7-14/h2-8,16H,9-12H2,1H3,(H,23,28)(H,25,27). The van der Waals surface area contributed by atoms with Crippen LogP contribution < -0.4 is 10.6 Å². The maximum absolute atomic E-state index is 13.0. The van der Waals surface area contributed by atoms with Crippen molar-refractivity contribution in [2.24, 2.45) is 0 Å². The second kappa shape index (κ2) is 8.86. The Kier molecular flexibility index (Phi) is 6.03. The highest BCUT2D eigenvalue weighted by molar-refractivity contribution is 7.20. The van der Waals surface area contributed by atoms with E-state index in [0.717, 1.165) is 15.8 Å². The van der Waals surface area contributed by atoms with Crippen LogP contribution in [0.15, 0.2) is 42.6 Å². The summed E-state index contributed by atoms with van der Waals surface area (Å²) in [5.74, 6) is -0.721. The van der Waals surface area contributed by atoms with E-state index >= 15 is 0 Å². The first-order valence-corrected chi connectivity index (χ1v) is 10.4. The second-order valence-corrected chi connectivity index (χ2v) is 7.93. The molecule has 4 rings (SSSR count). The summed E-state index contributed by atoms with van der Waals surface area (Å²) in [7, 11) is 1.59. The number of benzene rings is 1. The van der Waals surface area contributed by atoms with Crippen LogP contribution >= 0.6 is 11.3 Å². The zero-order chi connectivity index (χ0) is 21.1. The number of hydrogen-bond donors (Lipinski definition) is 2. The minimum atomic E-state index is -0.353. The lowest BCUT2D eigenvalue weighted by Gasteiger charge is -2.32. The summed E-state index contributed by atoms with van der Waals surface area (Å²) in [5.41, 5.74) is 1.36. The van der Waals surface area contributed by atoms with Gasteiger partial charge >= 0.3 is 0 Å². The van der Waals surface area contributed by atoms with E-state index < -0.39 is 0 Å². The molecular weight excluding hydrogens is 407 g/mol. The molecular formula is C21H21FN4O3S. The zero-order valence-corrected chi connectivity index (χ0v) is 17.2. The van der Waals surface area contributed by atoms with Crippen molar-refractivity contribution in [1.29, 1.82) is 0 Å². The predicted octanol–water partition coefficient (Wildman–Crippen LogP) is 2.81. The van der Waals surface area contributed by atoms with E-state index in [2.05, 4.69) is 15.6 Å². The zero-order valence-electron chi connectivity index (χ0n) is 16.4. The highest BCUT2D eigenvalue weighted by Crippen LogP contribution is 2.37. The predicted molar refractivity (Wildman–Crippen MR) is 113 cm³/mol. The summed E-state index contributed by atoms with van der Waals surface area (Å²) in [6.45, 7) is 1.69. The highest BCUT2D eigenvalue weighted by atomic mass is 32.1. The Hall–Kier alpha value is -2.88. The first kappa shape index (κ1) is 20.4. The lowest BCUT2D eigenvalue weighted by atomic mass is 10.0. The van der Waals surface area contributed by atoms with E-state index in [1.165, 1.54) is 35.6 Å². The summed E-state index contributed by atoms with van der Waals surface area (Å²) in [6.07, 6.45) is 1.35. The van der Waals surface area contributed by atoms with E-state index in [1.807, 2.05) is 17.0 Å². The van der Waals surface area contributed by atoms with Crippen molar-refractivity contribution in [3.05, 3.63) is 58.9 Å². The van der Waals surface area contributed by atoms with Crippen molar-refractivity contribution in [1.82, 2.24) is 15.2 Å². The number of thiophene rings is 1. The average molecular weight is 428 g/mol. The number of amides is 2. The van der Waals surface area contributed by atoms with Crippen molar-refractivity contribution in [2.75, 3.05) is 38.6 Å². The third-order valence-electron chi connectivity index (χ3n) is 4.91. The van der Waals surface area contributed by atoms with Crippen molar-refractivity contribution < 1.29 is 18.7 Å². The minimum absolute atomic E-state index is 0.173. The van der Waals surface area contributed by atoms with Gasteiger partial charge in [0.2, 0.25) is 5.91 Å². The number of anilines is 1. The lowest BCUT2D eigenvalue weighted by Crippen LogP contribution is -2.42. The molecule has 1 unspecified atom stereocenters. The van der Waals surface area contributed by atoms with Gasteiger partial charge in [0.1, 0.15) is 15.5 Å². The molecule has 0 spiro atoms. The number of carbonyl (C=O) groups excluding carboxylic acids is 2. The van der Waals surface area contributed by atoms with Gasteiger partial charge in [0, 0.05) is 43.0 Å². The van der Waals surface area contributed by atoms with Gasteiger partial charge in [-0.3, -0.25) is 14.5 Å². The lowest BCUT2D eigenvalue weighted by molar-refractivity contribution is -0.119. The monoisotopic (exact) mass is 428 g/mol. The summed E-state index contributed by atoms with van der Waals surface area (Å²) in [4.78, 5) is 32.6. The molecule has 2 amide bonds. The Balaban J connectivity index is 1.51. The van der Waals surface area contributed by atoms with Gasteiger partial charge in [-0.05, 0) is 30.3 Å². The Morgan fingerprint density at radius 3 is 2.87 bits per heavy atom. The van der Waals surface area contributed by atoms with Crippen LogP contribution in [0.3, 0.4) is 0 Å². The van der Waals surface area contributed by atoms with E-state index in [9.17, 15) is 14.0 Å². The molecule has 1 aromatic carbocycles. The molecule has 3 heterocycles. The minimum Gasteiger partial charge on any atom is -0.371 e. The summed E-state index contributed by atoms with van der Waals surface area (Å²) < 4.78 is 19.0. The van der Waals surface area contributed by atoms with Crippen LogP contribution in [0, 0.1) is 5.82 Å². The largest absolute Gasteiger partial charge is 0.371 e. The van der Waals surface area contributed by atoms with Crippen molar-refractivity contribution in [2.45, 2.75) is 6.10 Å². The number of nitrogens with zero attached hydrogens (tertiary/aromatic N) is 2. The fraction of sp³-hybridized carbons (Fsp3) is 0.286. The Morgan fingerprint density at radius 2 is 2.10 bits per heavy atom. The second-order valence-electron chi connectivity index (χ2n) is 6.93. The van der Waals surface area contributed by atoms with E-state index in [0.29, 0.717) is 30.3 Å². The Bertz CT molecular complexity index is 1070. The van der Waals surface area contributed by atoms with Crippen LogP contribution in [-0.4, -0.2) is 55.0 Å².